The molecule has 0 aliphatic heterocycles. The van der Waals surface area contributed by atoms with E-state index in [0.717, 1.165) is 25.3 Å². The third-order valence-corrected chi connectivity index (χ3v) is 3.94. The average Bonchev–Trinajstić information content (AvgIpc) is 2.50. The van der Waals surface area contributed by atoms with E-state index in [0.29, 0.717) is 0 Å². The Labute approximate surface area is 128 Å². The maximum absolute atomic E-state index is 5.48. The zero-order chi connectivity index (χ0) is 15.2. The van der Waals surface area contributed by atoms with Crippen LogP contribution in [-0.4, -0.2) is 13.7 Å². The molecule has 0 bridgehead atoms. The van der Waals surface area contributed by atoms with Crippen LogP contribution in [0.3, 0.4) is 0 Å². The van der Waals surface area contributed by atoms with E-state index in [4.69, 9.17) is 4.74 Å². The molecule has 21 heavy (non-hydrogen) atoms. The second-order valence-electron chi connectivity index (χ2n) is 5.45. The van der Waals surface area contributed by atoms with Crippen LogP contribution in [0, 0.1) is 13.8 Å². The van der Waals surface area contributed by atoms with Crippen molar-refractivity contribution >= 4 is 0 Å². The lowest BCUT2D eigenvalue weighted by molar-refractivity contribution is 0.408. The normalized spacial score (nSPS) is 10.7. The molecule has 2 aromatic rings. The molecule has 2 aromatic carbocycles. The molecule has 0 spiro atoms. The van der Waals surface area contributed by atoms with Crippen LogP contribution in [0.1, 0.15) is 30.0 Å². The van der Waals surface area contributed by atoms with E-state index in [-0.39, 0.29) is 0 Å². The van der Waals surface area contributed by atoms with Crippen LogP contribution < -0.4 is 10.1 Å². The predicted octanol–water partition coefficient (Wildman–Crippen LogP) is 4.48. The largest absolute Gasteiger partial charge is 0.496 e. The zero-order valence-electron chi connectivity index (χ0n) is 13.5. The van der Waals surface area contributed by atoms with Crippen LogP contribution in [0.5, 0.6) is 5.75 Å². The Morgan fingerprint density at radius 1 is 1.10 bits per heavy atom. The SMILES string of the molecule is CCCNCc1cc(-c2cccc(C)c2C)ccc1OC. The maximum Gasteiger partial charge on any atom is 0.123 e. The van der Waals surface area contributed by atoms with E-state index >= 15 is 0 Å². The summed E-state index contributed by atoms with van der Waals surface area (Å²) < 4.78 is 5.48. The molecular weight excluding hydrogens is 258 g/mol. The van der Waals surface area contributed by atoms with Crippen LogP contribution in [0.15, 0.2) is 36.4 Å². The number of rotatable bonds is 6. The van der Waals surface area contributed by atoms with Crippen molar-refractivity contribution < 1.29 is 4.74 Å². The van der Waals surface area contributed by atoms with Crippen molar-refractivity contribution in [3.05, 3.63) is 53.1 Å². The molecular formula is C19H25NO. The molecule has 0 heterocycles. The Morgan fingerprint density at radius 2 is 1.90 bits per heavy atom. The van der Waals surface area contributed by atoms with Gasteiger partial charge in [-0.1, -0.05) is 31.2 Å². The van der Waals surface area contributed by atoms with E-state index in [1.807, 2.05) is 0 Å². The molecule has 0 aliphatic rings. The first kappa shape index (κ1) is 15.6. The third-order valence-electron chi connectivity index (χ3n) is 3.94. The molecule has 2 rings (SSSR count). The van der Waals surface area contributed by atoms with Crippen molar-refractivity contribution in [2.45, 2.75) is 33.7 Å². The Morgan fingerprint density at radius 3 is 2.62 bits per heavy atom. The van der Waals surface area contributed by atoms with E-state index in [1.54, 1.807) is 7.11 Å². The topological polar surface area (TPSA) is 21.3 Å². The van der Waals surface area contributed by atoms with Gasteiger partial charge in [-0.25, -0.2) is 0 Å². The number of aryl methyl sites for hydroxylation is 1. The van der Waals surface area contributed by atoms with Gasteiger partial charge in [0, 0.05) is 12.1 Å². The lowest BCUT2D eigenvalue weighted by atomic mass is 9.95. The number of benzene rings is 2. The molecule has 2 nitrogen and oxygen atoms in total. The summed E-state index contributed by atoms with van der Waals surface area (Å²) in [5.41, 5.74) is 6.44. The lowest BCUT2D eigenvalue weighted by Crippen LogP contribution is -2.14. The predicted molar refractivity (Wildman–Crippen MR) is 89.9 cm³/mol. The van der Waals surface area contributed by atoms with Crippen molar-refractivity contribution in [3.63, 3.8) is 0 Å². The first-order valence-corrected chi connectivity index (χ1v) is 7.61. The van der Waals surface area contributed by atoms with Gasteiger partial charge in [0.1, 0.15) is 5.75 Å². The quantitative estimate of drug-likeness (QED) is 0.789. The summed E-state index contributed by atoms with van der Waals surface area (Å²) in [4.78, 5) is 0. The van der Waals surface area contributed by atoms with Gasteiger partial charge < -0.3 is 10.1 Å². The molecule has 0 atom stereocenters. The van der Waals surface area contributed by atoms with Crippen LogP contribution in [0.2, 0.25) is 0 Å². The lowest BCUT2D eigenvalue weighted by Gasteiger charge is -2.14. The molecule has 0 unspecified atom stereocenters. The first-order valence-electron chi connectivity index (χ1n) is 7.61. The summed E-state index contributed by atoms with van der Waals surface area (Å²) in [7, 11) is 1.73. The van der Waals surface area contributed by atoms with Crippen molar-refractivity contribution in [2.75, 3.05) is 13.7 Å². The first-order chi connectivity index (χ1) is 10.2. The molecule has 0 aromatic heterocycles. The van der Waals surface area contributed by atoms with Gasteiger partial charge in [-0.15, -0.1) is 0 Å². The fourth-order valence-electron chi connectivity index (χ4n) is 2.55. The van der Waals surface area contributed by atoms with Gasteiger partial charge in [-0.2, -0.15) is 0 Å². The summed E-state index contributed by atoms with van der Waals surface area (Å²) in [5.74, 6) is 0.952. The van der Waals surface area contributed by atoms with Gasteiger partial charge >= 0.3 is 0 Å². The Balaban J connectivity index is 2.36. The molecule has 0 aliphatic carbocycles. The van der Waals surface area contributed by atoms with E-state index in [9.17, 15) is 0 Å². The van der Waals surface area contributed by atoms with Gasteiger partial charge in [-0.3, -0.25) is 0 Å². The minimum Gasteiger partial charge on any atom is -0.496 e. The molecule has 0 saturated heterocycles. The highest BCUT2D eigenvalue weighted by molar-refractivity contribution is 5.70. The van der Waals surface area contributed by atoms with E-state index < -0.39 is 0 Å². The average molecular weight is 283 g/mol. The molecule has 2 heteroatoms. The molecule has 0 fully saturated rings. The summed E-state index contributed by atoms with van der Waals surface area (Å²) in [6.45, 7) is 8.39. The molecule has 112 valence electrons. The van der Waals surface area contributed by atoms with Gasteiger partial charge in [0.25, 0.3) is 0 Å². The van der Waals surface area contributed by atoms with Gasteiger partial charge in [0.2, 0.25) is 0 Å². The fourth-order valence-corrected chi connectivity index (χ4v) is 2.55. The number of hydrogen-bond donors (Lipinski definition) is 1. The highest BCUT2D eigenvalue weighted by Crippen LogP contribution is 2.29. The summed E-state index contributed by atoms with van der Waals surface area (Å²) in [6, 6.07) is 12.9. The number of methoxy groups -OCH3 is 1. The number of nitrogens with one attached hydrogen (secondary N) is 1. The monoisotopic (exact) mass is 283 g/mol. The van der Waals surface area contributed by atoms with Crippen molar-refractivity contribution in [3.8, 4) is 16.9 Å². The maximum atomic E-state index is 5.48. The minimum atomic E-state index is 0.843. The van der Waals surface area contributed by atoms with E-state index in [1.165, 1.54) is 27.8 Å². The molecule has 0 radical (unpaired) electrons. The van der Waals surface area contributed by atoms with Crippen LogP contribution in [0.4, 0.5) is 0 Å². The van der Waals surface area contributed by atoms with Gasteiger partial charge in [0.05, 0.1) is 7.11 Å². The van der Waals surface area contributed by atoms with Gasteiger partial charge in [-0.05, 0) is 61.2 Å². The summed E-state index contributed by atoms with van der Waals surface area (Å²) >= 11 is 0. The van der Waals surface area contributed by atoms with E-state index in [2.05, 4.69) is 62.5 Å². The fraction of sp³-hybridized carbons (Fsp3) is 0.368. The molecule has 1 N–H and O–H groups in total. The van der Waals surface area contributed by atoms with Crippen LogP contribution in [0.25, 0.3) is 11.1 Å². The minimum absolute atomic E-state index is 0.843. The van der Waals surface area contributed by atoms with Gasteiger partial charge in [0.15, 0.2) is 0 Å². The summed E-state index contributed by atoms with van der Waals surface area (Å²) in [6.07, 6.45) is 1.14. The standard InChI is InChI=1S/C19H25NO/c1-5-11-20-13-17-12-16(9-10-19(17)21-4)18-8-6-7-14(2)15(18)3/h6-10,12,20H,5,11,13H2,1-4H3. The molecule has 0 amide bonds. The van der Waals surface area contributed by atoms with Crippen molar-refractivity contribution in [1.82, 2.24) is 5.32 Å². The number of hydrogen-bond acceptors (Lipinski definition) is 2. The third kappa shape index (κ3) is 3.64. The Kier molecular flexibility index (Phi) is 5.40. The second kappa shape index (κ2) is 7.28. The Hall–Kier alpha value is -1.80. The highest BCUT2D eigenvalue weighted by Gasteiger charge is 2.08. The van der Waals surface area contributed by atoms with Crippen LogP contribution in [-0.2, 0) is 6.54 Å². The zero-order valence-corrected chi connectivity index (χ0v) is 13.5. The second-order valence-corrected chi connectivity index (χ2v) is 5.45. The van der Waals surface area contributed by atoms with Crippen molar-refractivity contribution in [2.24, 2.45) is 0 Å². The Bertz CT molecular complexity index is 605. The van der Waals surface area contributed by atoms with Crippen LogP contribution >= 0.6 is 0 Å². The number of ether oxygens (including phenoxy) is 1. The summed E-state index contributed by atoms with van der Waals surface area (Å²) in [5, 5.41) is 3.45. The van der Waals surface area contributed by atoms with Crippen molar-refractivity contribution in [1.29, 1.82) is 0 Å². The smallest absolute Gasteiger partial charge is 0.123 e. The molecule has 0 saturated carbocycles. The highest BCUT2D eigenvalue weighted by atomic mass is 16.5.